The minimum absolute atomic E-state index is 0. The highest BCUT2D eigenvalue weighted by atomic mass is 35.5. The van der Waals surface area contributed by atoms with E-state index in [0.29, 0.717) is 30.9 Å². The first-order valence-electron chi connectivity index (χ1n) is 10.7. The monoisotopic (exact) mass is 510 g/mol. The van der Waals surface area contributed by atoms with Crippen molar-refractivity contribution in [2.24, 2.45) is 11.7 Å². The number of halogens is 1. The fraction of sp³-hybridized carbons (Fsp3) is 0.409. The topological polar surface area (TPSA) is 150 Å². The van der Waals surface area contributed by atoms with Crippen LogP contribution in [0.15, 0.2) is 47.3 Å². The number of nitrogens with one attached hydrogen (secondary N) is 3. The zero-order valence-electron chi connectivity index (χ0n) is 19.0. The molecular formula is C22H31ClN6O4S. The third kappa shape index (κ3) is 7.49. The number of aromatic nitrogens is 1. The zero-order chi connectivity index (χ0) is 24.0. The summed E-state index contributed by atoms with van der Waals surface area (Å²) in [5.74, 6) is -0.243. The van der Waals surface area contributed by atoms with Crippen LogP contribution < -0.4 is 21.3 Å². The molecule has 0 atom stereocenters. The molecule has 1 aromatic heterocycles. The van der Waals surface area contributed by atoms with Gasteiger partial charge in [-0.05, 0) is 43.4 Å². The summed E-state index contributed by atoms with van der Waals surface area (Å²) in [5.41, 5.74) is 5.99. The van der Waals surface area contributed by atoms with Crippen LogP contribution in [-0.4, -0.2) is 49.4 Å². The number of rotatable bonds is 8. The Morgan fingerprint density at radius 2 is 1.79 bits per heavy atom. The molecule has 12 heteroatoms. The van der Waals surface area contributed by atoms with Gasteiger partial charge in [-0.25, -0.2) is 8.42 Å². The van der Waals surface area contributed by atoms with Gasteiger partial charge in [0.05, 0.1) is 5.75 Å². The number of anilines is 1. The molecule has 0 bridgehead atoms. The van der Waals surface area contributed by atoms with Crippen molar-refractivity contribution in [3.8, 4) is 0 Å². The predicted octanol–water partition coefficient (Wildman–Crippen LogP) is 1.24. The van der Waals surface area contributed by atoms with Crippen LogP contribution in [-0.2, 0) is 27.1 Å². The highest BCUT2D eigenvalue weighted by Gasteiger charge is 2.21. The van der Waals surface area contributed by atoms with Crippen molar-refractivity contribution in [3.05, 3.63) is 64.1 Å². The Morgan fingerprint density at radius 3 is 2.41 bits per heavy atom. The average molecular weight is 511 g/mol. The van der Waals surface area contributed by atoms with Gasteiger partial charge < -0.3 is 20.5 Å². The standard InChI is InChI=1S/C22H30N6O4S.ClH/c1-16-7-8-19(26-33(31,32)15-18-5-3-2-4-6-18)21(30)28(16)14-20(29)25-13-17-9-11-27(12-10-17)22(23)24;/h2-8,17,26H,9-15H2,1H3,(H3,23,24)(H,25,29);1H. The van der Waals surface area contributed by atoms with Gasteiger partial charge in [0, 0.05) is 25.3 Å². The van der Waals surface area contributed by atoms with Crippen LogP contribution in [0, 0.1) is 18.3 Å². The molecule has 1 saturated heterocycles. The second kappa shape index (κ2) is 11.9. The fourth-order valence-electron chi connectivity index (χ4n) is 3.78. The fourth-order valence-corrected chi connectivity index (χ4v) is 4.97. The van der Waals surface area contributed by atoms with E-state index in [0.717, 1.165) is 12.8 Å². The van der Waals surface area contributed by atoms with Crippen molar-refractivity contribution in [2.45, 2.75) is 32.1 Å². The molecule has 10 nitrogen and oxygen atoms in total. The number of carbonyl (C=O) groups excluding carboxylic acids is 1. The summed E-state index contributed by atoms with van der Waals surface area (Å²) in [7, 11) is -3.80. The van der Waals surface area contributed by atoms with Gasteiger partial charge in [-0.15, -0.1) is 12.4 Å². The molecule has 0 aliphatic carbocycles. The molecule has 0 spiro atoms. The highest BCUT2D eigenvalue weighted by Crippen LogP contribution is 2.16. The Labute approximate surface area is 205 Å². The summed E-state index contributed by atoms with van der Waals surface area (Å²) < 4.78 is 28.6. The van der Waals surface area contributed by atoms with Crippen LogP contribution >= 0.6 is 12.4 Å². The predicted molar refractivity (Wildman–Crippen MR) is 135 cm³/mol. The number of nitrogens with two attached hydrogens (primary N) is 1. The molecule has 3 rings (SSSR count). The van der Waals surface area contributed by atoms with Gasteiger partial charge in [0.2, 0.25) is 15.9 Å². The molecule has 34 heavy (non-hydrogen) atoms. The number of hydrogen-bond acceptors (Lipinski definition) is 5. The zero-order valence-corrected chi connectivity index (χ0v) is 20.6. The summed E-state index contributed by atoms with van der Waals surface area (Å²) in [6.45, 7) is 3.32. The van der Waals surface area contributed by atoms with Crippen molar-refractivity contribution in [3.63, 3.8) is 0 Å². The van der Waals surface area contributed by atoms with Gasteiger partial charge >= 0.3 is 0 Å². The van der Waals surface area contributed by atoms with E-state index < -0.39 is 15.6 Å². The van der Waals surface area contributed by atoms with Crippen LogP contribution in [0.5, 0.6) is 0 Å². The quantitative estimate of drug-likeness (QED) is 0.310. The smallest absolute Gasteiger partial charge is 0.275 e. The van der Waals surface area contributed by atoms with E-state index in [-0.39, 0.29) is 48.2 Å². The van der Waals surface area contributed by atoms with Crippen molar-refractivity contribution >= 4 is 40.0 Å². The van der Waals surface area contributed by atoms with E-state index >= 15 is 0 Å². The van der Waals surface area contributed by atoms with E-state index in [9.17, 15) is 18.0 Å². The molecule has 5 N–H and O–H groups in total. The molecule has 186 valence electrons. The van der Waals surface area contributed by atoms with Crippen LogP contribution in [0.25, 0.3) is 0 Å². The van der Waals surface area contributed by atoms with Gasteiger partial charge in [0.25, 0.3) is 5.56 Å². The van der Waals surface area contributed by atoms with E-state index in [1.165, 1.54) is 10.6 Å². The van der Waals surface area contributed by atoms with Crippen LogP contribution in [0.3, 0.4) is 0 Å². The molecular weight excluding hydrogens is 480 g/mol. The van der Waals surface area contributed by atoms with Gasteiger partial charge in [0.1, 0.15) is 12.2 Å². The molecule has 0 radical (unpaired) electrons. The Kier molecular flexibility index (Phi) is 9.51. The Morgan fingerprint density at radius 1 is 1.15 bits per heavy atom. The minimum atomic E-state index is -3.80. The van der Waals surface area contributed by atoms with Crippen molar-refractivity contribution in [1.29, 1.82) is 5.41 Å². The van der Waals surface area contributed by atoms with E-state index in [1.54, 1.807) is 48.2 Å². The number of benzene rings is 1. The van der Waals surface area contributed by atoms with Crippen molar-refractivity contribution in [1.82, 2.24) is 14.8 Å². The lowest BCUT2D eigenvalue weighted by Gasteiger charge is -2.32. The Bertz CT molecular complexity index is 1160. The molecule has 0 unspecified atom stereocenters. The van der Waals surface area contributed by atoms with Gasteiger partial charge in [-0.2, -0.15) is 0 Å². The normalized spacial score (nSPS) is 14.2. The maximum atomic E-state index is 12.9. The number of hydrogen-bond donors (Lipinski definition) is 4. The number of piperidine rings is 1. The highest BCUT2D eigenvalue weighted by molar-refractivity contribution is 7.91. The summed E-state index contributed by atoms with van der Waals surface area (Å²) in [5, 5.41) is 10.3. The van der Waals surface area contributed by atoms with Gasteiger partial charge in [-0.3, -0.25) is 19.7 Å². The van der Waals surface area contributed by atoms with E-state index in [4.69, 9.17) is 11.1 Å². The third-order valence-corrected chi connectivity index (χ3v) is 6.95. The first kappa shape index (κ1) is 27.2. The number of sulfonamides is 1. The van der Waals surface area contributed by atoms with Crippen molar-refractivity contribution < 1.29 is 13.2 Å². The maximum absolute atomic E-state index is 12.9. The summed E-state index contributed by atoms with van der Waals surface area (Å²) in [6.07, 6.45) is 1.63. The van der Waals surface area contributed by atoms with Gasteiger partial charge in [0.15, 0.2) is 5.96 Å². The summed E-state index contributed by atoms with van der Waals surface area (Å²) in [6, 6.07) is 11.7. The largest absolute Gasteiger partial charge is 0.370 e. The molecule has 1 aliphatic rings. The molecule has 1 aromatic carbocycles. The average Bonchev–Trinajstić information content (AvgIpc) is 2.78. The molecule has 1 amide bonds. The Balaban J connectivity index is 0.00000408. The molecule has 1 aliphatic heterocycles. The number of nitrogens with zero attached hydrogens (tertiary/aromatic N) is 2. The van der Waals surface area contributed by atoms with Crippen LogP contribution in [0.4, 0.5) is 5.69 Å². The first-order chi connectivity index (χ1) is 15.6. The van der Waals surface area contributed by atoms with E-state index in [2.05, 4.69) is 10.0 Å². The number of guanidine groups is 1. The SMILES string of the molecule is Cc1ccc(NS(=O)(=O)Cc2ccccc2)c(=O)n1CC(=O)NCC1CCN(C(=N)N)CC1.Cl. The van der Waals surface area contributed by atoms with Gasteiger partial charge in [-0.1, -0.05) is 30.3 Å². The number of aryl methyl sites for hydroxylation is 1. The second-order valence-electron chi connectivity index (χ2n) is 8.25. The summed E-state index contributed by atoms with van der Waals surface area (Å²) in [4.78, 5) is 27.2. The maximum Gasteiger partial charge on any atom is 0.275 e. The molecule has 1 fully saturated rings. The van der Waals surface area contributed by atoms with Crippen LogP contribution in [0.1, 0.15) is 24.1 Å². The van der Waals surface area contributed by atoms with Crippen LogP contribution in [0.2, 0.25) is 0 Å². The Hall–Kier alpha value is -3.05. The lowest BCUT2D eigenvalue weighted by atomic mass is 9.97. The molecule has 0 saturated carbocycles. The first-order valence-corrected chi connectivity index (χ1v) is 12.4. The molecule has 2 aromatic rings. The number of likely N-dealkylation sites (tertiary alicyclic amines) is 1. The molecule has 2 heterocycles. The minimum Gasteiger partial charge on any atom is -0.370 e. The van der Waals surface area contributed by atoms with E-state index in [1.807, 2.05) is 0 Å². The number of carbonyl (C=O) groups is 1. The summed E-state index contributed by atoms with van der Waals surface area (Å²) >= 11 is 0. The third-order valence-electron chi connectivity index (χ3n) is 5.70. The van der Waals surface area contributed by atoms with Crippen molar-refractivity contribution in [2.75, 3.05) is 24.4 Å². The lowest BCUT2D eigenvalue weighted by molar-refractivity contribution is -0.122. The number of amides is 1. The second-order valence-corrected chi connectivity index (χ2v) is 9.97. The lowest BCUT2D eigenvalue weighted by Crippen LogP contribution is -2.44. The number of pyridine rings is 1.